The molecule has 108 valence electrons. The number of nitrogens with one attached hydrogen (secondary N) is 1. The summed E-state index contributed by atoms with van der Waals surface area (Å²) in [5.41, 5.74) is 2.84. The highest BCUT2D eigenvalue weighted by molar-refractivity contribution is 5.78. The number of benzene rings is 1. The van der Waals surface area contributed by atoms with Crippen molar-refractivity contribution in [1.82, 2.24) is 10.2 Å². The van der Waals surface area contributed by atoms with Crippen molar-refractivity contribution >= 4 is 5.91 Å². The Hall–Kier alpha value is -1.35. The number of aryl methyl sites for hydroxylation is 1. The monoisotopic (exact) mass is 272 g/mol. The molecule has 0 aromatic heterocycles. The van der Waals surface area contributed by atoms with E-state index < -0.39 is 0 Å². The van der Waals surface area contributed by atoms with Crippen molar-refractivity contribution < 1.29 is 4.79 Å². The minimum Gasteiger partial charge on any atom is -0.352 e. The average molecular weight is 272 g/mol. The van der Waals surface area contributed by atoms with Gasteiger partial charge in [0.2, 0.25) is 5.91 Å². The molecule has 2 aliphatic rings. The van der Waals surface area contributed by atoms with Crippen molar-refractivity contribution in [2.75, 3.05) is 13.6 Å². The van der Waals surface area contributed by atoms with Gasteiger partial charge in [0.15, 0.2) is 0 Å². The molecule has 1 fully saturated rings. The number of nitrogens with zero attached hydrogens (tertiary/aromatic N) is 1. The third kappa shape index (κ3) is 2.88. The highest BCUT2D eigenvalue weighted by Crippen LogP contribution is 2.35. The molecule has 0 spiro atoms. The third-order valence-corrected chi connectivity index (χ3v) is 4.74. The van der Waals surface area contributed by atoms with Gasteiger partial charge in [-0.2, -0.15) is 0 Å². The van der Waals surface area contributed by atoms with Gasteiger partial charge >= 0.3 is 0 Å². The number of carbonyl (C=O) groups excluding carboxylic acids is 1. The first-order valence-electron chi connectivity index (χ1n) is 7.72. The molecule has 1 saturated carbocycles. The fourth-order valence-corrected chi connectivity index (χ4v) is 3.34. The molecule has 0 saturated heterocycles. The van der Waals surface area contributed by atoms with Gasteiger partial charge in [-0.1, -0.05) is 24.3 Å². The fourth-order valence-electron chi connectivity index (χ4n) is 3.34. The summed E-state index contributed by atoms with van der Waals surface area (Å²) < 4.78 is 0. The number of likely N-dealkylation sites (N-methyl/N-ethyl adjacent to an activating group) is 1. The normalized spacial score (nSPS) is 22.6. The van der Waals surface area contributed by atoms with Gasteiger partial charge in [-0.25, -0.2) is 0 Å². The zero-order chi connectivity index (χ0) is 14.1. The van der Waals surface area contributed by atoms with Gasteiger partial charge in [-0.05, 0) is 56.7 Å². The molecule has 20 heavy (non-hydrogen) atoms. The molecule has 1 aromatic carbocycles. The summed E-state index contributed by atoms with van der Waals surface area (Å²) >= 11 is 0. The number of rotatable bonds is 5. The van der Waals surface area contributed by atoms with Gasteiger partial charge in [0.05, 0.1) is 6.54 Å². The molecule has 1 aromatic rings. The molecule has 2 aliphatic carbocycles. The summed E-state index contributed by atoms with van der Waals surface area (Å²) in [6, 6.07) is 9.35. The molecule has 3 nitrogen and oxygen atoms in total. The second-order valence-electron chi connectivity index (χ2n) is 6.36. The molecule has 2 atom stereocenters. The maximum Gasteiger partial charge on any atom is 0.234 e. The Kier molecular flexibility index (Phi) is 3.79. The summed E-state index contributed by atoms with van der Waals surface area (Å²) in [7, 11) is 2.06. The van der Waals surface area contributed by atoms with Crippen LogP contribution in [0.2, 0.25) is 0 Å². The van der Waals surface area contributed by atoms with Crippen LogP contribution in [-0.4, -0.2) is 30.4 Å². The van der Waals surface area contributed by atoms with Crippen LogP contribution in [0.15, 0.2) is 24.3 Å². The number of amides is 1. The first-order chi connectivity index (χ1) is 9.65. The highest BCUT2D eigenvalue weighted by Gasteiger charge is 2.30. The van der Waals surface area contributed by atoms with E-state index in [1.165, 1.54) is 24.0 Å². The summed E-state index contributed by atoms with van der Waals surface area (Å²) in [6.07, 6.45) is 4.80. The van der Waals surface area contributed by atoms with Crippen molar-refractivity contribution in [3.63, 3.8) is 0 Å². The van der Waals surface area contributed by atoms with Crippen molar-refractivity contribution in [3.05, 3.63) is 35.4 Å². The molecule has 2 unspecified atom stereocenters. The lowest BCUT2D eigenvalue weighted by Gasteiger charge is -2.25. The number of hydrogen-bond acceptors (Lipinski definition) is 2. The van der Waals surface area contributed by atoms with E-state index in [-0.39, 0.29) is 5.91 Å². The van der Waals surface area contributed by atoms with Crippen molar-refractivity contribution in [2.45, 2.75) is 44.7 Å². The van der Waals surface area contributed by atoms with Crippen molar-refractivity contribution in [1.29, 1.82) is 0 Å². The molecule has 0 aliphatic heterocycles. The van der Waals surface area contributed by atoms with Crippen LogP contribution in [0.5, 0.6) is 0 Å². The Morgan fingerprint density at radius 1 is 1.35 bits per heavy atom. The topological polar surface area (TPSA) is 32.3 Å². The van der Waals surface area contributed by atoms with Crippen LogP contribution in [0.4, 0.5) is 0 Å². The van der Waals surface area contributed by atoms with E-state index in [2.05, 4.69) is 48.5 Å². The predicted octanol–water partition coefficient (Wildman–Crippen LogP) is 2.52. The second kappa shape index (κ2) is 5.57. The molecular weight excluding hydrogens is 248 g/mol. The van der Waals surface area contributed by atoms with Crippen molar-refractivity contribution in [2.24, 2.45) is 5.92 Å². The molecule has 3 heteroatoms. The van der Waals surface area contributed by atoms with Crippen LogP contribution >= 0.6 is 0 Å². The SMILES string of the molecule is CC(NC(=O)CN(C)C1CCc2ccccc21)C1CC1. The zero-order valence-corrected chi connectivity index (χ0v) is 12.4. The van der Waals surface area contributed by atoms with Crippen LogP contribution in [-0.2, 0) is 11.2 Å². The number of fused-ring (bicyclic) bond motifs is 1. The lowest BCUT2D eigenvalue weighted by Crippen LogP contribution is -2.41. The van der Waals surface area contributed by atoms with Gasteiger partial charge in [0.1, 0.15) is 0 Å². The molecule has 0 bridgehead atoms. The Bertz CT molecular complexity index is 496. The minimum atomic E-state index is 0.163. The van der Waals surface area contributed by atoms with Gasteiger partial charge < -0.3 is 5.32 Å². The molecule has 1 N–H and O–H groups in total. The Balaban J connectivity index is 1.57. The van der Waals surface area contributed by atoms with E-state index in [9.17, 15) is 4.79 Å². The smallest absolute Gasteiger partial charge is 0.234 e. The van der Waals surface area contributed by atoms with Crippen LogP contribution in [0.1, 0.15) is 43.4 Å². The average Bonchev–Trinajstić information content (AvgIpc) is 3.18. The molecule has 0 radical (unpaired) electrons. The van der Waals surface area contributed by atoms with E-state index in [0.29, 0.717) is 18.6 Å². The van der Waals surface area contributed by atoms with Crippen LogP contribution in [0, 0.1) is 5.92 Å². The lowest BCUT2D eigenvalue weighted by molar-refractivity contribution is -0.123. The van der Waals surface area contributed by atoms with E-state index in [1.54, 1.807) is 0 Å². The minimum absolute atomic E-state index is 0.163. The van der Waals surface area contributed by atoms with Gasteiger partial charge in [-0.15, -0.1) is 0 Å². The molecule has 0 heterocycles. The third-order valence-electron chi connectivity index (χ3n) is 4.74. The van der Waals surface area contributed by atoms with E-state index in [0.717, 1.165) is 18.8 Å². The Morgan fingerprint density at radius 3 is 2.85 bits per heavy atom. The lowest BCUT2D eigenvalue weighted by atomic mass is 10.1. The zero-order valence-electron chi connectivity index (χ0n) is 12.4. The summed E-state index contributed by atoms with van der Waals surface area (Å²) in [5, 5.41) is 3.14. The summed E-state index contributed by atoms with van der Waals surface area (Å²) in [5.74, 6) is 0.882. The van der Waals surface area contributed by atoms with Crippen LogP contribution in [0.3, 0.4) is 0 Å². The fraction of sp³-hybridized carbons (Fsp3) is 0.588. The van der Waals surface area contributed by atoms with E-state index in [1.807, 2.05) is 0 Å². The van der Waals surface area contributed by atoms with Crippen LogP contribution < -0.4 is 5.32 Å². The van der Waals surface area contributed by atoms with Gasteiger partial charge in [-0.3, -0.25) is 9.69 Å². The second-order valence-corrected chi connectivity index (χ2v) is 6.36. The Morgan fingerprint density at radius 2 is 2.10 bits per heavy atom. The predicted molar refractivity (Wildman–Crippen MR) is 80.5 cm³/mol. The molecular formula is C17H24N2O. The first-order valence-corrected chi connectivity index (χ1v) is 7.72. The largest absolute Gasteiger partial charge is 0.352 e. The Labute approximate surface area is 121 Å². The van der Waals surface area contributed by atoms with Crippen molar-refractivity contribution in [3.8, 4) is 0 Å². The first kappa shape index (κ1) is 13.6. The van der Waals surface area contributed by atoms with E-state index in [4.69, 9.17) is 0 Å². The maximum absolute atomic E-state index is 12.1. The summed E-state index contributed by atoms with van der Waals surface area (Å²) in [6.45, 7) is 2.62. The van der Waals surface area contributed by atoms with Gasteiger partial charge in [0.25, 0.3) is 0 Å². The summed E-state index contributed by atoms with van der Waals surface area (Å²) in [4.78, 5) is 14.3. The standard InChI is InChI=1S/C17H24N2O/c1-12(13-7-8-13)18-17(20)11-19(2)16-10-9-14-5-3-4-6-15(14)16/h3-6,12-13,16H,7-11H2,1-2H3,(H,18,20). The number of carbonyl (C=O) groups is 1. The molecule has 3 rings (SSSR count). The van der Waals surface area contributed by atoms with E-state index >= 15 is 0 Å². The molecule has 1 amide bonds. The quantitative estimate of drug-likeness (QED) is 0.893. The maximum atomic E-state index is 12.1. The highest BCUT2D eigenvalue weighted by atomic mass is 16.2. The van der Waals surface area contributed by atoms with Gasteiger partial charge in [0, 0.05) is 12.1 Å². The number of hydrogen-bond donors (Lipinski definition) is 1. The van der Waals surface area contributed by atoms with Crippen LogP contribution in [0.25, 0.3) is 0 Å².